The summed E-state index contributed by atoms with van der Waals surface area (Å²) in [5, 5.41) is 13.5. The number of hydrogen-bond acceptors (Lipinski definition) is 7. The Morgan fingerprint density at radius 1 is 1.23 bits per heavy atom. The summed E-state index contributed by atoms with van der Waals surface area (Å²) in [6.07, 6.45) is 3.07. The minimum atomic E-state index is -0.851. The van der Waals surface area contributed by atoms with E-state index in [1.165, 1.54) is 0 Å². The highest BCUT2D eigenvalue weighted by atomic mass is 32.1. The number of carboxylic acid groups (broad SMARTS) is 1. The molecule has 1 aliphatic rings. The zero-order valence-corrected chi connectivity index (χ0v) is 25.6. The van der Waals surface area contributed by atoms with Crippen molar-refractivity contribution in [3.05, 3.63) is 43.8 Å². The van der Waals surface area contributed by atoms with Gasteiger partial charge < -0.3 is 24.8 Å². The molecule has 39 heavy (non-hydrogen) atoms. The number of carbonyl (C=O) groups excluding carboxylic acids is 1. The fraction of sp³-hybridized carbons (Fsp3) is 0.633. The number of pyridine rings is 1. The molecule has 3 rings (SSSR count). The van der Waals surface area contributed by atoms with Gasteiger partial charge in [0.15, 0.2) is 0 Å². The molecule has 216 valence electrons. The first-order valence-corrected chi connectivity index (χ1v) is 14.7. The predicted octanol–water partition coefficient (Wildman–Crippen LogP) is 6.25. The molecule has 2 N–H and O–H groups in total. The van der Waals surface area contributed by atoms with E-state index in [1.54, 1.807) is 23.3 Å². The van der Waals surface area contributed by atoms with Gasteiger partial charge in [-0.15, -0.1) is 11.3 Å². The molecule has 9 heteroatoms. The molecule has 0 radical (unpaired) electrons. The molecule has 2 aromatic heterocycles. The number of rotatable bonds is 10. The lowest BCUT2D eigenvalue weighted by atomic mass is 9.83. The van der Waals surface area contributed by atoms with Crippen LogP contribution in [-0.4, -0.2) is 59.4 Å². The third kappa shape index (κ3) is 7.94. The Morgan fingerprint density at radius 2 is 1.90 bits per heavy atom. The van der Waals surface area contributed by atoms with Gasteiger partial charge in [-0.1, -0.05) is 6.92 Å². The molecule has 2 aromatic rings. The standard InChI is InChI=1S/C30H45N3O5S/c1-18-16-19(2)32-27(37-8)23(18)17-31-13-9-10-24-25(28(34)35)21(4)26(39-24)20(3)22-11-14-33(15-12-22)29(36)38-30(5,6)7/h16,20,22,31H,9-15,17H2,1-8H3,(H,34,35)/t20-/m1/s1. The van der Waals surface area contributed by atoms with Crippen molar-refractivity contribution < 1.29 is 24.2 Å². The fourth-order valence-electron chi connectivity index (χ4n) is 5.41. The van der Waals surface area contributed by atoms with Crippen LogP contribution in [0.15, 0.2) is 6.07 Å². The number of thiophene rings is 1. The molecule has 1 atom stereocenters. The van der Waals surface area contributed by atoms with E-state index >= 15 is 0 Å². The average Bonchev–Trinajstić information content (AvgIpc) is 3.19. The summed E-state index contributed by atoms with van der Waals surface area (Å²) in [4.78, 5) is 33.0. The van der Waals surface area contributed by atoms with E-state index in [2.05, 4.69) is 30.2 Å². The summed E-state index contributed by atoms with van der Waals surface area (Å²) in [6.45, 7) is 16.6. The number of hydrogen-bond donors (Lipinski definition) is 2. The van der Waals surface area contributed by atoms with Gasteiger partial charge in [0.25, 0.3) is 0 Å². The Kier molecular flexibility index (Phi) is 10.4. The third-order valence-electron chi connectivity index (χ3n) is 7.47. The number of ether oxygens (including phenoxy) is 2. The Morgan fingerprint density at radius 3 is 2.49 bits per heavy atom. The van der Waals surface area contributed by atoms with Gasteiger partial charge in [-0.05, 0) is 103 Å². The second-order valence-electron chi connectivity index (χ2n) is 11.6. The topological polar surface area (TPSA) is 101 Å². The number of aromatic carboxylic acids is 1. The van der Waals surface area contributed by atoms with Gasteiger partial charge in [0, 0.05) is 40.6 Å². The van der Waals surface area contributed by atoms with Crippen LogP contribution >= 0.6 is 11.3 Å². The molecule has 0 aliphatic carbocycles. The van der Waals surface area contributed by atoms with Crippen molar-refractivity contribution in [2.45, 2.75) is 92.2 Å². The van der Waals surface area contributed by atoms with Gasteiger partial charge in [-0.3, -0.25) is 0 Å². The summed E-state index contributed by atoms with van der Waals surface area (Å²) >= 11 is 1.65. The highest BCUT2D eigenvalue weighted by molar-refractivity contribution is 7.12. The number of carbonyl (C=O) groups is 2. The van der Waals surface area contributed by atoms with E-state index in [0.717, 1.165) is 57.9 Å². The van der Waals surface area contributed by atoms with Crippen molar-refractivity contribution in [2.75, 3.05) is 26.7 Å². The minimum Gasteiger partial charge on any atom is -0.481 e. The van der Waals surface area contributed by atoms with E-state index in [-0.39, 0.29) is 12.0 Å². The summed E-state index contributed by atoms with van der Waals surface area (Å²) in [5.74, 6) is 0.442. The number of nitrogens with zero attached hydrogens (tertiary/aromatic N) is 2. The van der Waals surface area contributed by atoms with E-state index in [1.807, 2.05) is 34.6 Å². The third-order valence-corrected chi connectivity index (χ3v) is 9.02. The van der Waals surface area contributed by atoms with Gasteiger partial charge in [-0.25, -0.2) is 14.6 Å². The second kappa shape index (κ2) is 13.1. The largest absolute Gasteiger partial charge is 0.481 e. The maximum absolute atomic E-state index is 12.5. The van der Waals surface area contributed by atoms with Crippen LogP contribution in [0.3, 0.4) is 0 Å². The van der Waals surface area contributed by atoms with Crippen LogP contribution in [0.25, 0.3) is 0 Å². The van der Waals surface area contributed by atoms with Crippen molar-refractivity contribution in [2.24, 2.45) is 5.92 Å². The SMILES string of the molecule is COc1nc(C)cc(C)c1CNCCCc1sc([C@H](C)C2CCN(C(=O)OC(C)(C)C)CC2)c(C)c1C(=O)O. The highest BCUT2D eigenvalue weighted by Crippen LogP contribution is 2.41. The zero-order valence-electron chi connectivity index (χ0n) is 24.8. The van der Waals surface area contributed by atoms with Crippen LogP contribution in [0.5, 0.6) is 5.88 Å². The molecule has 8 nitrogen and oxygen atoms in total. The molecule has 0 unspecified atom stereocenters. The molecular formula is C30H45N3O5S. The number of carboxylic acids is 1. The first-order chi connectivity index (χ1) is 18.3. The summed E-state index contributed by atoms with van der Waals surface area (Å²) in [7, 11) is 1.64. The van der Waals surface area contributed by atoms with Crippen molar-refractivity contribution in [1.82, 2.24) is 15.2 Å². The van der Waals surface area contributed by atoms with Crippen molar-refractivity contribution in [1.29, 1.82) is 0 Å². The number of aromatic nitrogens is 1. The molecular weight excluding hydrogens is 514 g/mol. The van der Waals surface area contributed by atoms with Crippen LogP contribution < -0.4 is 10.1 Å². The van der Waals surface area contributed by atoms with Gasteiger partial charge in [0.1, 0.15) is 5.60 Å². The lowest BCUT2D eigenvalue weighted by molar-refractivity contribution is 0.0176. The first kappa shape index (κ1) is 30.9. The zero-order chi connectivity index (χ0) is 28.9. The number of nitrogens with one attached hydrogen (secondary N) is 1. The van der Waals surface area contributed by atoms with E-state index in [4.69, 9.17) is 9.47 Å². The summed E-state index contributed by atoms with van der Waals surface area (Å²) in [5.41, 5.74) is 3.98. The van der Waals surface area contributed by atoms with Gasteiger partial charge in [-0.2, -0.15) is 0 Å². The molecule has 1 saturated heterocycles. The smallest absolute Gasteiger partial charge is 0.410 e. The highest BCUT2D eigenvalue weighted by Gasteiger charge is 2.32. The van der Waals surface area contributed by atoms with Gasteiger partial charge >= 0.3 is 12.1 Å². The summed E-state index contributed by atoms with van der Waals surface area (Å²) in [6, 6.07) is 2.05. The van der Waals surface area contributed by atoms with Crippen LogP contribution in [0.1, 0.15) is 95.4 Å². The van der Waals surface area contributed by atoms with Gasteiger partial charge in [0.2, 0.25) is 5.88 Å². The normalized spacial score (nSPS) is 15.3. The molecule has 0 saturated carbocycles. The monoisotopic (exact) mass is 559 g/mol. The maximum atomic E-state index is 12.5. The number of amides is 1. The molecule has 0 bridgehead atoms. The lowest BCUT2D eigenvalue weighted by Gasteiger charge is -2.35. The molecule has 0 aromatic carbocycles. The molecule has 0 spiro atoms. The van der Waals surface area contributed by atoms with E-state index < -0.39 is 11.6 Å². The summed E-state index contributed by atoms with van der Waals surface area (Å²) < 4.78 is 11.0. The van der Waals surface area contributed by atoms with Crippen molar-refractivity contribution >= 4 is 23.4 Å². The van der Waals surface area contributed by atoms with Crippen LogP contribution in [0, 0.1) is 26.7 Å². The molecule has 1 aliphatic heterocycles. The quantitative estimate of drug-likeness (QED) is 0.332. The number of methoxy groups -OCH3 is 1. The van der Waals surface area contributed by atoms with Crippen LogP contribution in [0.2, 0.25) is 0 Å². The van der Waals surface area contributed by atoms with Crippen LogP contribution in [-0.2, 0) is 17.7 Å². The lowest BCUT2D eigenvalue weighted by Crippen LogP contribution is -2.42. The molecule has 1 amide bonds. The fourth-order valence-corrected chi connectivity index (χ4v) is 6.89. The predicted molar refractivity (Wildman–Crippen MR) is 155 cm³/mol. The van der Waals surface area contributed by atoms with Crippen molar-refractivity contribution in [3.8, 4) is 5.88 Å². The second-order valence-corrected chi connectivity index (χ2v) is 12.8. The Hall–Kier alpha value is -2.65. The molecule has 3 heterocycles. The maximum Gasteiger partial charge on any atom is 0.410 e. The number of piperidine rings is 1. The van der Waals surface area contributed by atoms with E-state index in [0.29, 0.717) is 43.4 Å². The van der Waals surface area contributed by atoms with Crippen molar-refractivity contribution in [3.63, 3.8) is 0 Å². The number of likely N-dealkylation sites (tertiary alicyclic amines) is 1. The van der Waals surface area contributed by atoms with Gasteiger partial charge in [0.05, 0.1) is 12.7 Å². The number of aryl methyl sites for hydroxylation is 3. The van der Waals surface area contributed by atoms with E-state index in [9.17, 15) is 14.7 Å². The molecule has 1 fully saturated rings. The first-order valence-electron chi connectivity index (χ1n) is 13.9. The Balaban J connectivity index is 1.59. The van der Waals surface area contributed by atoms with Crippen LogP contribution in [0.4, 0.5) is 4.79 Å². The minimum absolute atomic E-state index is 0.241. The Bertz CT molecular complexity index is 1160. The average molecular weight is 560 g/mol. The Labute approximate surface area is 237 Å².